The molecule has 1 aromatic rings. The summed E-state index contributed by atoms with van der Waals surface area (Å²) in [5, 5.41) is 18.1. The van der Waals surface area contributed by atoms with E-state index >= 15 is 0 Å². The van der Waals surface area contributed by atoms with Gasteiger partial charge in [-0.2, -0.15) is 0 Å². The lowest BCUT2D eigenvalue weighted by Crippen LogP contribution is -2.34. The molecule has 4 rings (SSSR count). The number of rotatable bonds is 13. The molecule has 2 saturated heterocycles. The minimum Gasteiger partial charge on any atom is -0.481 e. The number of nitrogens with zero attached hydrogens (tertiary/aromatic N) is 1. The first kappa shape index (κ1) is 27.3. The number of furan rings is 1. The third-order valence-corrected chi connectivity index (χ3v) is 8.00. The number of hydrogen-bond acceptors (Lipinski definition) is 6. The molecule has 0 spiro atoms. The third kappa shape index (κ3) is 6.07. The zero-order chi connectivity index (χ0) is 26.5. The van der Waals surface area contributed by atoms with Crippen LogP contribution in [0.2, 0.25) is 0 Å². The van der Waals surface area contributed by atoms with E-state index in [2.05, 4.69) is 19.9 Å². The number of aliphatic carboxylic acids is 1. The van der Waals surface area contributed by atoms with Crippen molar-refractivity contribution < 1.29 is 33.8 Å². The molecule has 3 heterocycles. The Labute approximate surface area is 218 Å². The molecule has 0 unspecified atom stereocenters. The number of likely N-dealkylation sites (tertiary alicyclic amines) is 1. The topological polar surface area (TPSA) is 117 Å². The van der Waals surface area contributed by atoms with Crippen LogP contribution >= 0.6 is 0 Å². The first-order chi connectivity index (χ1) is 17.8. The fourth-order valence-corrected chi connectivity index (χ4v) is 6.30. The number of carbonyl (C=O) groups excluding carboxylic acids is 2. The molecule has 1 aliphatic carbocycles. The maximum atomic E-state index is 13.4. The van der Waals surface area contributed by atoms with Gasteiger partial charge < -0.3 is 19.4 Å². The summed E-state index contributed by atoms with van der Waals surface area (Å²) >= 11 is 0. The SMILES string of the molecule is CCC/C(=C\c1ccc(CO)o1)CC[C@H]1OC[C@H]2C1=C(C)C[C@H]1C(=O)N(CCCCCC(=O)O)C(=O)[C@H]12. The van der Waals surface area contributed by atoms with Gasteiger partial charge in [-0.15, -0.1) is 0 Å². The number of unbranched alkanes of at least 4 members (excludes halogenated alkanes) is 2. The average Bonchev–Trinajstić information content (AvgIpc) is 3.56. The van der Waals surface area contributed by atoms with Crippen LogP contribution in [0.3, 0.4) is 0 Å². The highest BCUT2D eigenvalue weighted by Gasteiger charge is 2.56. The Morgan fingerprint density at radius 3 is 2.62 bits per heavy atom. The molecule has 0 saturated carbocycles. The van der Waals surface area contributed by atoms with Crippen LogP contribution in [0.1, 0.15) is 83.2 Å². The van der Waals surface area contributed by atoms with Gasteiger partial charge in [0, 0.05) is 18.9 Å². The molecule has 0 bridgehead atoms. The number of ether oxygens (including phenoxy) is 1. The minimum absolute atomic E-state index is 0.0481. The number of carbonyl (C=O) groups is 3. The molecule has 8 heteroatoms. The van der Waals surface area contributed by atoms with E-state index in [-0.39, 0.29) is 48.7 Å². The molecular formula is C29H39NO7. The van der Waals surface area contributed by atoms with Crippen LogP contribution in [-0.2, 0) is 25.7 Å². The summed E-state index contributed by atoms with van der Waals surface area (Å²) in [6.45, 7) is 4.94. The smallest absolute Gasteiger partial charge is 0.303 e. The number of aliphatic hydroxyl groups is 1. The second-order valence-electron chi connectivity index (χ2n) is 10.6. The van der Waals surface area contributed by atoms with Gasteiger partial charge in [-0.25, -0.2) is 0 Å². The minimum atomic E-state index is -0.821. The van der Waals surface area contributed by atoms with Crippen LogP contribution < -0.4 is 0 Å². The van der Waals surface area contributed by atoms with Gasteiger partial charge in [0.2, 0.25) is 11.8 Å². The molecular weight excluding hydrogens is 474 g/mol. The Morgan fingerprint density at radius 2 is 1.92 bits per heavy atom. The first-order valence-corrected chi connectivity index (χ1v) is 13.6. The van der Waals surface area contributed by atoms with Gasteiger partial charge in [0.05, 0.1) is 24.5 Å². The summed E-state index contributed by atoms with van der Waals surface area (Å²) in [5.74, 6) is -0.399. The fourth-order valence-electron chi connectivity index (χ4n) is 6.30. The van der Waals surface area contributed by atoms with Crippen molar-refractivity contribution >= 4 is 23.9 Å². The third-order valence-electron chi connectivity index (χ3n) is 8.00. The van der Waals surface area contributed by atoms with Crippen molar-refractivity contribution in [1.82, 2.24) is 4.90 Å². The van der Waals surface area contributed by atoms with Gasteiger partial charge in [-0.05, 0) is 69.2 Å². The Hall–Kier alpha value is -2.71. The second kappa shape index (κ2) is 12.2. The Balaban J connectivity index is 1.39. The Morgan fingerprint density at radius 1 is 1.11 bits per heavy atom. The van der Waals surface area contributed by atoms with Gasteiger partial charge in [-0.1, -0.05) is 30.9 Å². The van der Waals surface area contributed by atoms with Gasteiger partial charge in [0.15, 0.2) is 0 Å². The predicted molar refractivity (Wildman–Crippen MR) is 137 cm³/mol. The summed E-state index contributed by atoms with van der Waals surface area (Å²) in [4.78, 5) is 38.6. The van der Waals surface area contributed by atoms with Crippen molar-refractivity contribution in [2.75, 3.05) is 13.2 Å². The number of imide groups is 1. The number of fused-ring (bicyclic) bond motifs is 3. The van der Waals surface area contributed by atoms with Crippen molar-refractivity contribution in [3.63, 3.8) is 0 Å². The summed E-state index contributed by atoms with van der Waals surface area (Å²) in [7, 11) is 0. The molecule has 8 nitrogen and oxygen atoms in total. The second-order valence-corrected chi connectivity index (χ2v) is 10.6. The highest BCUT2D eigenvalue weighted by atomic mass is 16.5. The van der Waals surface area contributed by atoms with Crippen molar-refractivity contribution in [3.05, 3.63) is 40.4 Å². The number of aliphatic hydroxyl groups excluding tert-OH is 1. The van der Waals surface area contributed by atoms with Crippen molar-refractivity contribution in [1.29, 1.82) is 0 Å². The van der Waals surface area contributed by atoms with E-state index in [4.69, 9.17) is 14.3 Å². The van der Waals surface area contributed by atoms with E-state index in [1.807, 2.05) is 6.07 Å². The molecule has 2 aliphatic heterocycles. The standard InChI is InChI=1S/C29H39NO7/c1-3-7-19(15-20-10-11-21(16-31)37-20)9-12-24-26-18(2)14-22-27(23(26)17-36-24)29(35)30(28(22)34)13-6-4-5-8-25(32)33/h10-11,15,22-24,27,31H,3-9,12-14,16-17H2,1-2H3,(H,32,33)/b19-15+/t22-,23+,24-,27-/m1/s1. The van der Waals surface area contributed by atoms with Gasteiger partial charge >= 0.3 is 5.97 Å². The number of hydrogen-bond donors (Lipinski definition) is 2. The molecule has 2 fully saturated rings. The molecule has 37 heavy (non-hydrogen) atoms. The van der Waals surface area contributed by atoms with Crippen LogP contribution in [0.15, 0.2) is 33.3 Å². The van der Waals surface area contributed by atoms with Crippen LogP contribution in [0.25, 0.3) is 6.08 Å². The van der Waals surface area contributed by atoms with E-state index < -0.39 is 5.97 Å². The number of carboxylic acid groups (broad SMARTS) is 1. The van der Waals surface area contributed by atoms with E-state index in [1.165, 1.54) is 21.6 Å². The molecule has 0 aromatic carbocycles. The quantitative estimate of drug-likeness (QED) is 0.223. The summed E-state index contributed by atoms with van der Waals surface area (Å²) in [6.07, 6.45) is 8.21. The maximum Gasteiger partial charge on any atom is 0.303 e. The van der Waals surface area contributed by atoms with Crippen LogP contribution in [0.4, 0.5) is 0 Å². The molecule has 2 N–H and O–H groups in total. The zero-order valence-corrected chi connectivity index (χ0v) is 21.9. The van der Waals surface area contributed by atoms with Crippen molar-refractivity contribution in [3.8, 4) is 0 Å². The number of carboxylic acids is 1. The summed E-state index contributed by atoms with van der Waals surface area (Å²) in [6, 6.07) is 3.66. The van der Waals surface area contributed by atoms with Gasteiger partial charge in [-0.3, -0.25) is 19.3 Å². The maximum absolute atomic E-state index is 13.4. The van der Waals surface area contributed by atoms with Crippen LogP contribution in [0, 0.1) is 17.8 Å². The molecule has 1 aromatic heterocycles. The lowest BCUT2D eigenvalue weighted by atomic mass is 9.70. The largest absolute Gasteiger partial charge is 0.481 e. The van der Waals surface area contributed by atoms with Crippen LogP contribution in [0.5, 0.6) is 0 Å². The molecule has 4 atom stereocenters. The molecule has 2 amide bonds. The van der Waals surface area contributed by atoms with Crippen LogP contribution in [-0.4, -0.2) is 52.2 Å². The molecule has 3 aliphatic rings. The lowest BCUT2D eigenvalue weighted by molar-refractivity contribution is -0.141. The Bertz CT molecular complexity index is 1070. The monoisotopic (exact) mass is 513 g/mol. The van der Waals surface area contributed by atoms with E-state index in [0.29, 0.717) is 44.6 Å². The highest BCUT2D eigenvalue weighted by Crippen LogP contribution is 2.49. The van der Waals surface area contributed by atoms with Gasteiger partial charge in [0.1, 0.15) is 18.1 Å². The first-order valence-electron chi connectivity index (χ1n) is 13.6. The number of allylic oxidation sites excluding steroid dienone is 2. The fraction of sp³-hybridized carbons (Fsp3) is 0.621. The normalized spacial score (nSPS) is 25.7. The van der Waals surface area contributed by atoms with E-state index in [0.717, 1.165) is 31.4 Å². The van der Waals surface area contributed by atoms with Gasteiger partial charge in [0.25, 0.3) is 0 Å². The molecule has 202 valence electrons. The average molecular weight is 514 g/mol. The summed E-state index contributed by atoms with van der Waals surface area (Å²) in [5.41, 5.74) is 3.65. The highest BCUT2D eigenvalue weighted by molar-refractivity contribution is 6.05. The van der Waals surface area contributed by atoms with Crippen molar-refractivity contribution in [2.24, 2.45) is 17.8 Å². The summed E-state index contributed by atoms with van der Waals surface area (Å²) < 4.78 is 11.9. The number of amides is 2. The van der Waals surface area contributed by atoms with E-state index in [1.54, 1.807) is 6.07 Å². The predicted octanol–water partition coefficient (Wildman–Crippen LogP) is 4.72. The van der Waals surface area contributed by atoms with Crippen molar-refractivity contribution in [2.45, 2.75) is 84.3 Å². The zero-order valence-electron chi connectivity index (χ0n) is 21.9. The lowest BCUT2D eigenvalue weighted by Gasteiger charge is -2.30. The van der Waals surface area contributed by atoms with E-state index in [9.17, 15) is 19.5 Å². The Kier molecular flexibility index (Phi) is 9.03. The molecule has 0 radical (unpaired) electrons.